The maximum atomic E-state index is 9.17. The van der Waals surface area contributed by atoms with Crippen LogP contribution in [0.15, 0.2) is 6.07 Å². The third kappa shape index (κ3) is 2.61. The minimum absolute atomic E-state index is 0.103. The van der Waals surface area contributed by atoms with Gasteiger partial charge in [-0.15, -0.1) is 0 Å². The highest BCUT2D eigenvalue weighted by Crippen LogP contribution is 2.27. The number of aliphatic hydroxyl groups is 1. The lowest BCUT2D eigenvalue weighted by Crippen LogP contribution is -2.33. The zero-order valence-corrected chi connectivity index (χ0v) is 9.48. The van der Waals surface area contributed by atoms with E-state index in [1.165, 1.54) is 0 Å². The average Bonchev–Trinajstić information content (AvgIpc) is 2.22. The number of rotatable bonds is 4. The third-order valence-electron chi connectivity index (χ3n) is 2.89. The van der Waals surface area contributed by atoms with Gasteiger partial charge in [-0.3, -0.25) is 0 Å². The van der Waals surface area contributed by atoms with E-state index in [-0.39, 0.29) is 6.10 Å². The quantitative estimate of drug-likeness (QED) is 0.702. The molecule has 5 heteroatoms. The fraction of sp³-hybridized carbons (Fsp3) is 0.636. The van der Waals surface area contributed by atoms with Crippen molar-refractivity contribution in [1.29, 1.82) is 0 Å². The highest BCUT2D eigenvalue weighted by Gasteiger charge is 2.26. The van der Waals surface area contributed by atoms with Gasteiger partial charge in [0.05, 0.1) is 6.10 Å². The highest BCUT2D eigenvalue weighted by atomic mass is 16.3. The first-order valence-corrected chi connectivity index (χ1v) is 5.72. The summed E-state index contributed by atoms with van der Waals surface area (Å²) in [7, 11) is 0. The Kier molecular flexibility index (Phi) is 3.24. The van der Waals surface area contributed by atoms with Crippen LogP contribution >= 0.6 is 0 Å². The van der Waals surface area contributed by atoms with E-state index in [1.807, 2.05) is 6.92 Å². The van der Waals surface area contributed by atoms with Crippen LogP contribution in [-0.2, 0) is 6.42 Å². The van der Waals surface area contributed by atoms with Gasteiger partial charge < -0.3 is 16.2 Å². The minimum Gasteiger partial charge on any atom is -0.393 e. The van der Waals surface area contributed by atoms with Gasteiger partial charge in [0.15, 0.2) is 0 Å². The molecule has 5 nitrogen and oxygen atoms in total. The summed E-state index contributed by atoms with van der Waals surface area (Å²) in [6.07, 6.45) is 2.44. The Bertz CT molecular complexity index is 363. The van der Waals surface area contributed by atoms with E-state index in [0.29, 0.717) is 11.7 Å². The molecule has 0 radical (unpaired) electrons. The molecule has 1 aromatic heterocycles. The molecule has 1 aliphatic rings. The molecule has 1 fully saturated rings. The number of aryl methyl sites for hydroxylation is 1. The summed E-state index contributed by atoms with van der Waals surface area (Å²) in [5.74, 6) is 2.60. The van der Waals surface area contributed by atoms with Crippen molar-refractivity contribution in [2.45, 2.75) is 32.3 Å². The topological polar surface area (TPSA) is 84.1 Å². The van der Waals surface area contributed by atoms with Crippen molar-refractivity contribution in [3.05, 3.63) is 11.9 Å². The molecule has 1 heterocycles. The molecule has 0 spiro atoms. The van der Waals surface area contributed by atoms with Crippen molar-refractivity contribution in [3.63, 3.8) is 0 Å². The monoisotopic (exact) mass is 222 g/mol. The van der Waals surface area contributed by atoms with Crippen LogP contribution in [0.4, 0.5) is 11.6 Å². The van der Waals surface area contributed by atoms with Crippen LogP contribution in [0, 0.1) is 5.92 Å². The summed E-state index contributed by atoms with van der Waals surface area (Å²) in [5, 5.41) is 12.4. The lowest BCUT2D eigenvalue weighted by atomic mass is 9.82. The number of aliphatic hydroxyl groups excluding tert-OH is 1. The van der Waals surface area contributed by atoms with E-state index < -0.39 is 0 Å². The maximum absolute atomic E-state index is 9.17. The third-order valence-corrected chi connectivity index (χ3v) is 2.89. The maximum Gasteiger partial charge on any atom is 0.132 e. The summed E-state index contributed by atoms with van der Waals surface area (Å²) in [5.41, 5.74) is 5.68. The first kappa shape index (κ1) is 11.1. The van der Waals surface area contributed by atoms with Gasteiger partial charge in [-0.05, 0) is 18.8 Å². The molecule has 2 rings (SSSR count). The molecule has 4 N–H and O–H groups in total. The van der Waals surface area contributed by atoms with Gasteiger partial charge in [0.25, 0.3) is 0 Å². The summed E-state index contributed by atoms with van der Waals surface area (Å²) >= 11 is 0. The minimum atomic E-state index is -0.103. The lowest BCUT2D eigenvalue weighted by Gasteiger charge is -2.31. The Hall–Kier alpha value is -1.36. The normalized spacial score (nSPS) is 23.9. The van der Waals surface area contributed by atoms with Crippen molar-refractivity contribution >= 4 is 11.6 Å². The van der Waals surface area contributed by atoms with Crippen LogP contribution in [0.1, 0.15) is 25.6 Å². The highest BCUT2D eigenvalue weighted by molar-refractivity contribution is 5.44. The Labute approximate surface area is 95.1 Å². The molecule has 1 aromatic rings. The predicted molar refractivity (Wildman–Crippen MR) is 63.0 cm³/mol. The smallest absolute Gasteiger partial charge is 0.132 e. The molecule has 0 bridgehead atoms. The first-order chi connectivity index (χ1) is 7.67. The van der Waals surface area contributed by atoms with Gasteiger partial charge >= 0.3 is 0 Å². The van der Waals surface area contributed by atoms with Gasteiger partial charge in [-0.2, -0.15) is 0 Å². The van der Waals surface area contributed by atoms with Crippen LogP contribution in [-0.4, -0.2) is 27.7 Å². The van der Waals surface area contributed by atoms with Crippen molar-refractivity contribution in [3.8, 4) is 0 Å². The zero-order valence-electron chi connectivity index (χ0n) is 9.48. The number of anilines is 2. The zero-order chi connectivity index (χ0) is 11.5. The van der Waals surface area contributed by atoms with Gasteiger partial charge in [0.2, 0.25) is 0 Å². The Balaban J connectivity index is 1.90. The summed E-state index contributed by atoms with van der Waals surface area (Å²) < 4.78 is 0. The molecule has 0 atom stereocenters. The van der Waals surface area contributed by atoms with Crippen LogP contribution in [0.3, 0.4) is 0 Å². The molecule has 88 valence electrons. The Morgan fingerprint density at radius 2 is 2.25 bits per heavy atom. The van der Waals surface area contributed by atoms with E-state index in [4.69, 9.17) is 10.8 Å². The number of hydrogen-bond donors (Lipinski definition) is 3. The molecule has 1 saturated carbocycles. The van der Waals surface area contributed by atoms with Crippen LogP contribution in [0.5, 0.6) is 0 Å². The summed E-state index contributed by atoms with van der Waals surface area (Å²) in [6.45, 7) is 2.84. The van der Waals surface area contributed by atoms with Gasteiger partial charge in [-0.1, -0.05) is 6.92 Å². The van der Waals surface area contributed by atoms with E-state index >= 15 is 0 Å². The number of nitrogens with two attached hydrogens (primary N) is 1. The van der Waals surface area contributed by atoms with Gasteiger partial charge in [-0.25, -0.2) is 9.97 Å². The molecule has 0 aliphatic heterocycles. The summed E-state index contributed by atoms with van der Waals surface area (Å²) in [6, 6.07) is 1.74. The Morgan fingerprint density at radius 3 is 2.88 bits per heavy atom. The standard InChI is InChI=1S/C11H18N4O/c1-2-10-14-9(12)5-11(15-10)13-6-7-3-8(16)4-7/h5,7-8,16H,2-4,6H2,1H3,(H3,12,13,14,15). The largest absolute Gasteiger partial charge is 0.393 e. The van der Waals surface area contributed by atoms with Crippen LogP contribution in [0.2, 0.25) is 0 Å². The molecule has 1 aliphatic carbocycles. The van der Waals surface area contributed by atoms with E-state index in [2.05, 4.69) is 15.3 Å². The molecule has 0 unspecified atom stereocenters. The number of nitrogens with zero attached hydrogens (tertiary/aromatic N) is 2. The van der Waals surface area contributed by atoms with Crippen molar-refractivity contribution < 1.29 is 5.11 Å². The van der Waals surface area contributed by atoms with Crippen molar-refractivity contribution in [2.75, 3.05) is 17.6 Å². The van der Waals surface area contributed by atoms with Gasteiger partial charge in [0, 0.05) is 19.0 Å². The number of nitrogens with one attached hydrogen (secondary N) is 1. The fourth-order valence-corrected chi connectivity index (χ4v) is 1.88. The van der Waals surface area contributed by atoms with Crippen LogP contribution in [0.25, 0.3) is 0 Å². The van der Waals surface area contributed by atoms with E-state index in [1.54, 1.807) is 6.07 Å². The predicted octanol–water partition coefficient (Wildman–Crippen LogP) is 0.804. The molecule has 16 heavy (non-hydrogen) atoms. The molecular formula is C11H18N4O. The number of aromatic nitrogens is 2. The average molecular weight is 222 g/mol. The SMILES string of the molecule is CCc1nc(N)cc(NCC2CC(O)C2)n1. The number of hydrogen-bond acceptors (Lipinski definition) is 5. The molecule has 0 saturated heterocycles. The fourth-order valence-electron chi connectivity index (χ4n) is 1.88. The van der Waals surface area contributed by atoms with Crippen molar-refractivity contribution in [1.82, 2.24) is 9.97 Å². The molecule has 0 aromatic carbocycles. The van der Waals surface area contributed by atoms with Crippen LogP contribution < -0.4 is 11.1 Å². The number of nitrogen functional groups attached to an aromatic ring is 1. The lowest BCUT2D eigenvalue weighted by molar-refractivity contribution is 0.0486. The second kappa shape index (κ2) is 4.65. The summed E-state index contributed by atoms with van der Waals surface area (Å²) in [4.78, 5) is 8.45. The second-order valence-electron chi connectivity index (χ2n) is 4.32. The second-order valence-corrected chi connectivity index (χ2v) is 4.32. The van der Waals surface area contributed by atoms with E-state index in [9.17, 15) is 0 Å². The van der Waals surface area contributed by atoms with E-state index in [0.717, 1.165) is 37.4 Å². The molecule has 0 amide bonds. The van der Waals surface area contributed by atoms with Crippen molar-refractivity contribution in [2.24, 2.45) is 5.92 Å². The Morgan fingerprint density at radius 1 is 1.50 bits per heavy atom. The van der Waals surface area contributed by atoms with Gasteiger partial charge in [0.1, 0.15) is 17.5 Å². The molecular weight excluding hydrogens is 204 g/mol. The first-order valence-electron chi connectivity index (χ1n) is 5.72.